The molecule has 3 aliphatic rings. The maximum atomic E-state index is 12.3. The van der Waals surface area contributed by atoms with Crippen molar-refractivity contribution in [3.05, 3.63) is 0 Å². The van der Waals surface area contributed by atoms with Gasteiger partial charge in [0.2, 0.25) is 0 Å². The molecule has 0 aromatic heterocycles. The van der Waals surface area contributed by atoms with Crippen molar-refractivity contribution in [2.75, 3.05) is 19.8 Å². The average molecular weight is 674 g/mol. The molecule has 19 heteroatoms. The summed E-state index contributed by atoms with van der Waals surface area (Å²) in [5.41, 5.74) is 12.8. The van der Waals surface area contributed by atoms with E-state index in [1.807, 2.05) is 0 Å². The number of carboxylic acids is 1. The number of carboxylic acid groups (broad SMARTS) is 1. The predicted octanol–water partition coefficient (Wildman–Crippen LogP) is -6.27. The van der Waals surface area contributed by atoms with Crippen molar-refractivity contribution in [1.82, 2.24) is 0 Å². The molecular weight excluding hydrogens is 622 g/mol. The fourth-order valence-electron chi connectivity index (χ4n) is 6.59. The van der Waals surface area contributed by atoms with Crippen LogP contribution in [0.1, 0.15) is 39.5 Å². The quantitative estimate of drug-likeness (QED) is 0.0815. The van der Waals surface area contributed by atoms with Crippen LogP contribution in [0.3, 0.4) is 0 Å². The molecular formula is C27H51N3O16. The molecule has 0 bridgehead atoms. The van der Waals surface area contributed by atoms with Crippen LogP contribution in [0.4, 0.5) is 0 Å². The first-order valence-corrected chi connectivity index (χ1v) is 15.4. The Labute approximate surface area is 265 Å². The lowest BCUT2D eigenvalue weighted by Crippen LogP contribution is -2.82. The van der Waals surface area contributed by atoms with Gasteiger partial charge in [-0.2, -0.15) is 0 Å². The van der Waals surface area contributed by atoms with Crippen LogP contribution in [0.2, 0.25) is 0 Å². The van der Waals surface area contributed by atoms with E-state index in [-0.39, 0.29) is 19.3 Å². The minimum atomic E-state index is -2.83. The molecule has 0 saturated carbocycles. The maximum absolute atomic E-state index is 12.3. The van der Waals surface area contributed by atoms with Gasteiger partial charge in [0.1, 0.15) is 48.3 Å². The lowest BCUT2D eigenvalue weighted by Gasteiger charge is -2.59. The van der Waals surface area contributed by atoms with Gasteiger partial charge in [-0.1, -0.05) is 26.7 Å². The molecule has 0 amide bonds. The molecule has 3 aliphatic heterocycles. The van der Waals surface area contributed by atoms with Gasteiger partial charge in [-0.3, -0.25) is 4.79 Å². The molecule has 0 aliphatic carbocycles. The van der Waals surface area contributed by atoms with Crippen molar-refractivity contribution in [2.24, 2.45) is 23.1 Å². The van der Waals surface area contributed by atoms with Gasteiger partial charge < -0.3 is 92.0 Å². The Kier molecular flexibility index (Phi) is 13.6. The van der Waals surface area contributed by atoms with Crippen molar-refractivity contribution < 1.29 is 79.5 Å². The molecule has 0 aromatic rings. The number of hydrogen-bond donors (Lipinski definition) is 13. The Hall–Kier alpha value is -1.21. The second-order valence-corrected chi connectivity index (χ2v) is 12.2. The minimum Gasteiger partial charge on any atom is -0.481 e. The third-order valence-electron chi connectivity index (χ3n) is 9.28. The van der Waals surface area contributed by atoms with Gasteiger partial charge in [0, 0.05) is 0 Å². The first-order valence-electron chi connectivity index (χ1n) is 15.4. The van der Waals surface area contributed by atoms with Crippen LogP contribution >= 0.6 is 0 Å². The zero-order chi connectivity index (χ0) is 34.7. The lowest BCUT2D eigenvalue weighted by atomic mass is 9.63. The highest BCUT2D eigenvalue weighted by Crippen LogP contribution is 2.47. The summed E-state index contributed by atoms with van der Waals surface area (Å²) in [6.45, 7) is 0.571. The summed E-state index contributed by atoms with van der Waals surface area (Å²) in [5.74, 6) is -3.30. The van der Waals surface area contributed by atoms with Crippen LogP contribution < -0.4 is 17.2 Å². The van der Waals surface area contributed by atoms with E-state index in [0.29, 0.717) is 6.42 Å². The fraction of sp³-hybridized carbons (Fsp3) is 0.963. The number of aliphatic carboxylic acids is 1. The molecule has 16 N–H and O–H groups in total. The van der Waals surface area contributed by atoms with E-state index in [1.165, 1.54) is 0 Å². The summed E-state index contributed by atoms with van der Waals surface area (Å²) in [5, 5.41) is 107. The molecule has 19 nitrogen and oxygen atoms in total. The Morgan fingerprint density at radius 3 is 1.85 bits per heavy atom. The van der Waals surface area contributed by atoms with Crippen molar-refractivity contribution in [3.8, 4) is 0 Å². The number of ether oxygens (including phenoxy) is 5. The molecule has 3 heterocycles. The number of aliphatic hydroxyl groups is 9. The van der Waals surface area contributed by atoms with Crippen LogP contribution in [0, 0.1) is 5.92 Å². The molecule has 0 radical (unpaired) electrons. The molecule has 0 spiro atoms. The Morgan fingerprint density at radius 2 is 1.35 bits per heavy atom. The third-order valence-corrected chi connectivity index (χ3v) is 9.28. The van der Waals surface area contributed by atoms with E-state index in [0.717, 1.165) is 0 Å². The Bertz CT molecular complexity index is 983. The van der Waals surface area contributed by atoms with E-state index in [9.17, 15) is 55.9 Å². The average Bonchev–Trinajstić information content (AvgIpc) is 3.03. The molecule has 3 fully saturated rings. The van der Waals surface area contributed by atoms with Crippen molar-refractivity contribution in [1.29, 1.82) is 0 Å². The lowest BCUT2D eigenvalue weighted by molar-refractivity contribution is -0.395. The number of aliphatic hydroxyl groups excluding tert-OH is 8. The van der Waals surface area contributed by atoms with Crippen molar-refractivity contribution in [3.63, 3.8) is 0 Å². The number of hydrogen-bond acceptors (Lipinski definition) is 18. The number of nitrogens with two attached hydrogens (primary N) is 3. The monoisotopic (exact) mass is 673 g/mol. The summed E-state index contributed by atoms with van der Waals surface area (Å²) in [7, 11) is 0. The van der Waals surface area contributed by atoms with Gasteiger partial charge in [0.05, 0.1) is 50.0 Å². The third kappa shape index (κ3) is 6.94. The molecule has 4 unspecified atom stereocenters. The normalized spacial score (nSPS) is 46.5. The van der Waals surface area contributed by atoms with Crippen LogP contribution in [0.5, 0.6) is 0 Å². The van der Waals surface area contributed by atoms with Crippen LogP contribution in [-0.2, 0) is 28.5 Å². The van der Waals surface area contributed by atoms with Gasteiger partial charge in [0.25, 0.3) is 0 Å². The van der Waals surface area contributed by atoms with Crippen molar-refractivity contribution >= 4 is 5.97 Å². The maximum Gasteiger partial charge on any atom is 0.309 e. The fourth-order valence-corrected chi connectivity index (χ4v) is 6.59. The smallest absolute Gasteiger partial charge is 0.309 e. The Morgan fingerprint density at radius 1 is 0.826 bits per heavy atom. The van der Waals surface area contributed by atoms with Crippen LogP contribution in [-0.4, -0.2) is 174 Å². The second kappa shape index (κ2) is 16.0. The molecule has 3 saturated heterocycles. The highest BCUT2D eigenvalue weighted by molar-refractivity contribution is 5.72. The Balaban J connectivity index is 1.92. The predicted molar refractivity (Wildman–Crippen MR) is 152 cm³/mol. The molecule has 270 valence electrons. The summed E-state index contributed by atoms with van der Waals surface area (Å²) in [4.78, 5) is 12.3. The minimum absolute atomic E-state index is 0.111. The van der Waals surface area contributed by atoms with Gasteiger partial charge in [-0.05, 0) is 12.8 Å². The zero-order valence-corrected chi connectivity index (χ0v) is 25.8. The molecule has 46 heavy (non-hydrogen) atoms. The topological polar surface area (TPSA) is 344 Å². The number of rotatable bonds is 14. The van der Waals surface area contributed by atoms with E-state index in [4.69, 9.17) is 40.9 Å². The molecule has 17 atom stereocenters. The summed E-state index contributed by atoms with van der Waals surface area (Å²) in [6, 6.07) is -4.56. The first kappa shape index (κ1) is 39.2. The zero-order valence-electron chi connectivity index (χ0n) is 25.8. The van der Waals surface area contributed by atoms with Crippen LogP contribution in [0.15, 0.2) is 0 Å². The second-order valence-electron chi connectivity index (χ2n) is 12.2. The van der Waals surface area contributed by atoms with E-state index in [1.54, 1.807) is 13.8 Å². The van der Waals surface area contributed by atoms with Gasteiger partial charge in [0.15, 0.2) is 24.5 Å². The summed E-state index contributed by atoms with van der Waals surface area (Å²) in [6.07, 6.45) is -17.8. The van der Waals surface area contributed by atoms with E-state index >= 15 is 0 Å². The molecule has 3 rings (SSSR count). The van der Waals surface area contributed by atoms with Crippen LogP contribution in [0.25, 0.3) is 0 Å². The van der Waals surface area contributed by atoms with E-state index < -0.39 is 129 Å². The number of carbonyl (C=O) groups is 1. The van der Waals surface area contributed by atoms with Gasteiger partial charge >= 0.3 is 5.97 Å². The highest BCUT2D eigenvalue weighted by atomic mass is 16.7. The van der Waals surface area contributed by atoms with E-state index in [2.05, 4.69) is 0 Å². The first-order chi connectivity index (χ1) is 21.6. The molecule has 0 aromatic carbocycles. The summed E-state index contributed by atoms with van der Waals surface area (Å²) < 4.78 is 28.5. The largest absolute Gasteiger partial charge is 0.481 e. The highest BCUT2D eigenvalue weighted by Gasteiger charge is 2.70. The van der Waals surface area contributed by atoms with Gasteiger partial charge in [-0.25, -0.2) is 0 Å². The van der Waals surface area contributed by atoms with Gasteiger partial charge in [-0.15, -0.1) is 0 Å². The standard InChI is InChI=1S/C27H51N3O16/c1-3-5-10(22(38)39)27(41)21(37)16(30)25(46-26(27,9-33)13(34)6-4-2)45-20-12(8-32)43-24(15(29)18(20)36)44-19-11(7-31)42-23(40)14(28)17(19)35/h10-21,23-25,31-37,40-41H,3-9,28-30H2,1-2H3,(H,38,39)/t10?,11-,12-,13?,14-,15-,16-,17-,18-,19?,20?,21-,23-,24+,25+,26-,27+/m1/s1. The summed E-state index contributed by atoms with van der Waals surface area (Å²) >= 11 is 0. The van der Waals surface area contributed by atoms with Crippen molar-refractivity contribution in [2.45, 2.75) is 137 Å². The SMILES string of the molecule is CCCC(O)[C@@]1(CO)O[C@H](OC2[C@@H](CO)O[C@@H](OC3[C@@H](CO)O[C@@H](O)[C@H](N)[C@H]3O)[C@H](N)[C@H]2O)[C@H](N)[C@@H](O)[C@@]1(O)C(CCC)C(=O)O.